The number of allylic oxidation sites excluding steroid dienone is 3. The molecule has 0 radical (unpaired) electrons. The van der Waals surface area contributed by atoms with Gasteiger partial charge in [-0.3, -0.25) is 4.99 Å². The van der Waals surface area contributed by atoms with Crippen molar-refractivity contribution in [2.45, 2.75) is 26.9 Å². The fourth-order valence-electron chi connectivity index (χ4n) is 1.20. The molecule has 0 aliphatic carbocycles. The molecule has 80 valence electrons. The van der Waals surface area contributed by atoms with Crippen molar-refractivity contribution < 1.29 is 13.2 Å². The summed E-state index contributed by atoms with van der Waals surface area (Å²) in [6.45, 7) is 8.03. The number of alkyl halides is 3. The van der Waals surface area contributed by atoms with Gasteiger partial charge in [0.2, 0.25) is 0 Å². The van der Waals surface area contributed by atoms with Crippen LogP contribution in [-0.2, 0) is 0 Å². The van der Waals surface area contributed by atoms with E-state index in [4.69, 9.17) is 0 Å². The summed E-state index contributed by atoms with van der Waals surface area (Å²) < 4.78 is 37.5. The number of nitrogens with zero attached hydrogens (tertiary/aromatic N) is 1. The van der Waals surface area contributed by atoms with Gasteiger partial charge >= 0.3 is 6.18 Å². The number of halogens is 3. The fraction of sp³-hybridized carbons (Fsp3) is 0.500. The number of rotatable bonds is 3. The van der Waals surface area contributed by atoms with Gasteiger partial charge in [0.1, 0.15) is 0 Å². The van der Waals surface area contributed by atoms with Crippen LogP contribution in [0.3, 0.4) is 0 Å². The molecule has 0 aliphatic heterocycles. The lowest BCUT2D eigenvalue weighted by Crippen LogP contribution is -2.16. The fourth-order valence-corrected chi connectivity index (χ4v) is 1.20. The Morgan fingerprint density at radius 3 is 2.07 bits per heavy atom. The SMILES string of the molecule is C=N/C=C(\C(=C/C)C(C)C)C(F)(F)F. The summed E-state index contributed by atoms with van der Waals surface area (Å²) >= 11 is 0. The smallest absolute Gasteiger partial charge is 0.272 e. The van der Waals surface area contributed by atoms with Gasteiger partial charge in [-0.1, -0.05) is 19.9 Å². The lowest BCUT2D eigenvalue weighted by Gasteiger charge is -2.17. The van der Waals surface area contributed by atoms with Gasteiger partial charge in [-0.05, 0) is 25.1 Å². The van der Waals surface area contributed by atoms with Crippen molar-refractivity contribution in [3.05, 3.63) is 23.4 Å². The Morgan fingerprint density at radius 1 is 1.36 bits per heavy atom. The van der Waals surface area contributed by atoms with Gasteiger partial charge in [-0.15, -0.1) is 0 Å². The van der Waals surface area contributed by atoms with E-state index in [-0.39, 0.29) is 11.5 Å². The summed E-state index contributed by atoms with van der Waals surface area (Å²) in [7, 11) is 0. The van der Waals surface area contributed by atoms with E-state index in [2.05, 4.69) is 11.7 Å². The Hall–Kier alpha value is -1.06. The first kappa shape index (κ1) is 12.9. The average molecular weight is 205 g/mol. The van der Waals surface area contributed by atoms with Crippen LogP contribution in [-0.4, -0.2) is 12.9 Å². The number of hydrogen-bond acceptors (Lipinski definition) is 1. The minimum Gasteiger partial charge on any atom is -0.272 e. The van der Waals surface area contributed by atoms with E-state index >= 15 is 0 Å². The van der Waals surface area contributed by atoms with Gasteiger partial charge in [0.05, 0.1) is 5.57 Å². The summed E-state index contributed by atoms with van der Waals surface area (Å²) in [6, 6.07) is 0. The molecule has 0 unspecified atom stereocenters. The Balaban J connectivity index is 5.23. The Labute approximate surface area is 82.0 Å². The summed E-state index contributed by atoms with van der Waals surface area (Å²) in [4.78, 5) is 3.18. The van der Waals surface area contributed by atoms with E-state index in [1.807, 2.05) is 0 Å². The van der Waals surface area contributed by atoms with Crippen molar-refractivity contribution >= 4 is 6.72 Å². The van der Waals surface area contributed by atoms with Crippen molar-refractivity contribution in [3.8, 4) is 0 Å². The molecule has 0 N–H and O–H groups in total. The molecule has 14 heavy (non-hydrogen) atoms. The predicted octanol–water partition coefficient (Wildman–Crippen LogP) is 3.74. The van der Waals surface area contributed by atoms with Crippen molar-refractivity contribution in [1.29, 1.82) is 0 Å². The first-order chi connectivity index (χ1) is 6.34. The molecule has 0 saturated carbocycles. The highest BCUT2D eigenvalue weighted by Crippen LogP contribution is 2.34. The molecule has 0 atom stereocenters. The van der Waals surface area contributed by atoms with Crippen LogP contribution in [0.15, 0.2) is 28.4 Å². The van der Waals surface area contributed by atoms with Crippen LogP contribution in [0.2, 0.25) is 0 Å². The maximum absolute atomic E-state index is 12.5. The minimum absolute atomic E-state index is 0.186. The van der Waals surface area contributed by atoms with Gasteiger partial charge < -0.3 is 0 Å². The molecule has 0 spiro atoms. The normalized spacial score (nSPS) is 14.8. The summed E-state index contributed by atoms with van der Waals surface area (Å²) in [6.07, 6.45) is -2.15. The molecule has 0 aromatic carbocycles. The highest BCUT2D eigenvalue weighted by atomic mass is 19.4. The van der Waals surface area contributed by atoms with Crippen molar-refractivity contribution in [2.75, 3.05) is 0 Å². The Kier molecular flexibility index (Phi) is 4.60. The second-order valence-corrected chi connectivity index (χ2v) is 3.12. The second-order valence-electron chi connectivity index (χ2n) is 3.12. The lowest BCUT2D eigenvalue weighted by atomic mass is 9.95. The maximum Gasteiger partial charge on any atom is 0.418 e. The molecule has 0 aromatic heterocycles. The van der Waals surface area contributed by atoms with E-state index in [1.165, 1.54) is 6.08 Å². The topological polar surface area (TPSA) is 12.4 Å². The first-order valence-corrected chi connectivity index (χ1v) is 4.24. The van der Waals surface area contributed by atoms with Crippen LogP contribution in [0.5, 0.6) is 0 Å². The summed E-state index contributed by atoms with van der Waals surface area (Å²) in [5.74, 6) is -0.186. The maximum atomic E-state index is 12.5. The largest absolute Gasteiger partial charge is 0.418 e. The zero-order valence-electron chi connectivity index (χ0n) is 8.52. The molecular weight excluding hydrogens is 191 g/mol. The van der Waals surface area contributed by atoms with E-state index in [1.54, 1.807) is 20.8 Å². The van der Waals surface area contributed by atoms with E-state index in [0.29, 0.717) is 0 Å². The van der Waals surface area contributed by atoms with Crippen LogP contribution in [0.1, 0.15) is 20.8 Å². The van der Waals surface area contributed by atoms with E-state index in [9.17, 15) is 13.2 Å². The van der Waals surface area contributed by atoms with E-state index < -0.39 is 11.7 Å². The Bertz CT molecular complexity index is 259. The number of hydrogen-bond donors (Lipinski definition) is 0. The molecule has 4 heteroatoms. The summed E-state index contributed by atoms with van der Waals surface area (Å²) in [5.41, 5.74) is -0.477. The third-order valence-electron chi connectivity index (χ3n) is 1.77. The molecule has 0 aliphatic rings. The standard InChI is InChI=1S/C10H14F3N/c1-5-8(7(2)3)9(6-14-4)10(11,12)13/h5-7H,4H2,1-3H3/b8-5-,9-6+. The molecule has 1 nitrogen and oxygen atoms in total. The van der Waals surface area contributed by atoms with Crippen LogP contribution >= 0.6 is 0 Å². The lowest BCUT2D eigenvalue weighted by molar-refractivity contribution is -0.0901. The molecule has 0 saturated heterocycles. The van der Waals surface area contributed by atoms with Gasteiger partial charge in [-0.2, -0.15) is 13.2 Å². The molecule has 0 aromatic rings. The van der Waals surface area contributed by atoms with Crippen LogP contribution in [0, 0.1) is 5.92 Å². The quantitative estimate of drug-likeness (QED) is 0.491. The third kappa shape index (κ3) is 3.36. The highest BCUT2D eigenvalue weighted by Gasteiger charge is 2.36. The van der Waals surface area contributed by atoms with Crippen molar-refractivity contribution in [2.24, 2.45) is 10.9 Å². The monoisotopic (exact) mass is 205 g/mol. The molecule has 0 fully saturated rings. The Morgan fingerprint density at radius 2 is 1.86 bits per heavy atom. The third-order valence-corrected chi connectivity index (χ3v) is 1.77. The molecular formula is C10H14F3N. The highest BCUT2D eigenvalue weighted by molar-refractivity contribution is 5.38. The van der Waals surface area contributed by atoms with Crippen LogP contribution in [0.25, 0.3) is 0 Å². The minimum atomic E-state index is -4.37. The number of aliphatic imine (C=N–C) groups is 1. The molecule has 0 rings (SSSR count). The van der Waals surface area contributed by atoms with Gasteiger partial charge in [0.25, 0.3) is 0 Å². The zero-order valence-corrected chi connectivity index (χ0v) is 8.52. The van der Waals surface area contributed by atoms with Crippen LogP contribution < -0.4 is 0 Å². The summed E-state index contributed by atoms with van der Waals surface area (Å²) in [5, 5.41) is 0. The molecule has 0 amide bonds. The second kappa shape index (κ2) is 4.98. The first-order valence-electron chi connectivity index (χ1n) is 4.24. The van der Waals surface area contributed by atoms with Crippen LogP contribution in [0.4, 0.5) is 13.2 Å². The van der Waals surface area contributed by atoms with Gasteiger partial charge in [0, 0.05) is 6.20 Å². The predicted molar refractivity (Wildman–Crippen MR) is 52.3 cm³/mol. The van der Waals surface area contributed by atoms with Gasteiger partial charge in [0.15, 0.2) is 0 Å². The average Bonchev–Trinajstić information content (AvgIpc) is 2.02. The van der Waals surface area contributed by atoms with Crippen molar-refractivity contribution in [3.63, 3.8) is 0 Å². The molecule has 0 heterocycles. The zero-order chi connectivity index (χ0) is 11.4. The van der Waals surface area contributed by atoms with Gasteiger partial charge in [-0.25, -0.2) is 0 Å². The van der Waals surface area contributed by atoms with E-state index in [0.717, 1.165) is 6.20 Å². The molecule has 0 bridgehead atoms. The van der Waals surface area contributed by atoms with Crippen molar-refractivity contribution in [1.82, 2.24) is 0 Å².